The standard InChI is InChI=1S/C11H21NO6S/c1-10(2)11(13)18-8-7-17-6-5-12-4-3-9-19(14,15)16/h12H,1,3-9H2,2H3,(H,14,15,16). The van der Waals surface area contributed by atoms with Gasteiger partial charge in [0.25, 0.3) is 10.1 Å². The van der Waals surface area contributed by atoms with Crippen LogP contribution in [0.3, 0.4) is 0 Å². The van der Waals surface area contributed by atoms with Gasteiger partial charge in [0.05, 0.1) is 19.0 Å². The maximum absolute atomic E-state index is 11.0. The molecule has 0 bridgehead atoms. The Labute approximate surface area is 113 Å². The number of rotatable bonds is 11. The highest BCUT2D eigenvalue weighted by Crippen LogP contribution is 1.91. The fourth-order valence-corrected chi connectivity index (χ4v) is 1.58. The lowest BCUT2D eigenvalue weighted by molar-refractivity contribution is -0.140. The second kappa shape index (κ2) is 9.90. The highest BCUT2D eigenvalue weighted by molar-refractivity contribution is 7.85. The average molecular weight is 295 g/mol. The summed E-state index contributed by atoms with van der Waals surface area (Å²) in [5, 5.41) is 2.95. The molecule has 19 heavy (non-hydrogen) atoms. The molecule has 7 nitrogen and oxygen atoms in total. The minimum absolute atomic E-state index is 0.175. The Bertz CT molecular complexity index is 379. The van der Waals surface area contributed by atoms with Crippen LogP contribution in [0.15, 0.2) is 12.2 Å². The Morgan fingerprint density at radius 2 is 1.95 bits per heavy atom. The molecule has 0 unspecified atom stereocenters. The molecule has 0 aromatic rings. The van der Waals surface area contributed by atoms with E-state index in [1.807, 2.05) is 0 Å². The van der Waals surface area contributed by atoms with Gasteiger partial charge in [-0.15, -0.1) is 0 Å². The number of nitrogens with one attached hydrogen (secondary N) is 1. The molecule has 0 amide bonds. The van der Waals surface area contributed by atoms with Crippen molar-refractivity contribution in [2.24, 2.45) is 0 Å². The van der Waals surface area contributed by atoms with Gasteiger partial charge in [-0.1, -0.05) is 6.58 Å². The summed E-state index contributed by atoms with van der Waals surface area (Å²) in [6, 6.07) is 0. The molecule has 0 saturated carbocycles. The van der Waals surface area contributed by atoms with Crippen LogP contribution in [0.1, 0.15) is 13.3 Å². The van der Waals surface area contributed by atoms with E-state index < -0.39 is 16.1 Å². The average Bonchev–Trinajstić information content (AvgIpc) is 2.29. The molecule has 0 aliphatic heterocycles. The Kier molecular flexibility index (Phi) is 9.40. The van der Waals surface area contributed by atoms with Crippen LogP contribution in [-0.2, 0) is 24.4 Å². The van der Waals surface area contributed by atoms with E-state index in [-0.39, 0.29) is 12.4 Å². The molecule has 0 atom stereocenters. The molecule has 0 aliphatic rings. The van der Waals surface area contributed by atoms with Crippen molar-refractivity contribution in [2.45, 2.75) is 13.3 Å². The summed E-state index contributed by atoms with van der Waals surface area (Å²) in [5.74, 6) is -0.690. The maximum Gasteiger partial charge on any atom is 0.333 e. The Balaban J connectivity index is 3.24. The summed E-state index contributed by atoms with van der Waals surface area (Å²) in [4.78, 5) is 11.0. The number of ether oxygens (including phenoxy) is 2. The van der Waals surface area contributed by atoms with Gasteiger partial charge in [0.15, 0.2) is 0 Å². The molecular formula is C11H21NO6S. The zero-order chi connectivity index (χ0) is 14.7. The normalized spacial score (nSPS) is 11.3. The van der Waals surface area contributed by atoms with Gasteiger partial charge in [-0.25, -0.2) is 4.79 Å². The molecule has 2 N–H and O–H groups in total. The topological polar surface area (TPSA) is 102 Å². The van der Waals surface area contributed by atoms with Crippen molar-refractivity contribution in [3.05, 3.63) is 12.2 Å². The summed E-state index contributed by atoms with van der Waals surface area (Å²) in [5.41, 5.74) is 0.348. The van der Waals surface area contributed by atoms with Crippen molar-refractivity contribution < 1.29 is 27.2 Å². The third-order valence-corrected chi connectivity index (χ3v) is 2.79. The summed E-state index contributed by atoms with van der Waals surface area (Å²) < 4.78 is 39.2. The molecule has 0 spiro atoms. The molecule has 0 saturated heterocycles. The molecule has 0 aromatic heterocycles. The smallest absolute Gasteiger partial charge is 0.333 e. The minimum Gasteiger partial charge on any atom is -0.460 e. The SMILES string of the molecule is C=C(C)C(=O)OCCOCCNCCCS(=O)(=O)O. The predicted octanol–water partition coefficient (Wildman–Crippen LogP) is -0.0102. The van der Waals surface area contributed by atoms with E-state index in [1.165, 1.54) is 0 Å². The van der Waals surface area contributed by atoms with Gasteiger partial charge in [0.1, 0.15) is 6.61 Å². The lowest BCUT2D eigenvalue weighted by Crippen LogP contribution is -2.23. The molecule has 8 heteroatoms. The molecule has 0 aliphatic carbocycles. The number of carbonyl (C=O) groups is 1. The zero-order valence-electron chi connectivity index (χ0n) is 11.1. The lowest BCUT2D eigenvalue weighted by Gasteiger charge is -2.06. The zero-order valence-corrected chi connectivity index (χ0v) is 11.9. The number of hydrogen-bond acceptors (Lipinski definition) is 6. The summed E-state index contributed by atoms with van der Waals surface area (Å²) in [6.45, 7) is 6.95. The van der Waals surface area contributed by atoms with Gasteiger partial charge in [-0.3, -0.25) is 4.55 Å². The first-order chi connectivity index (χ1) is 8.83. The van der Waals surface area contributed by atoms with Gasteiger partial charge in [-0.2, -0.15) is 8.42 Å². The van der Waals surface area contributed by atoms with Crippen molar-refractivity contribution in [1.29, 1.82) is 0 Å². The molecule has 0 aromatic carbocycles. The number of esters is 1. The fraction of sp³-hybridized carbons (Fsp3) is 0.727. The Morgan fingerprint density at radius 3 is 2.53 bits per heavy atom. The van der Waals surface area contributed by atoms with E-state index in [2.05, 4.69) is 11.9 Å². The van der Waals surface area contributed by atoms with Gasteiger partial charge < -0.3 is 14.8 Å². The van der Waals surface area contributed by atoms with E-state index >= 15 is 0 Å². The number of hydrogen-bond donors (Lipinski definition) is 2. The van der Waals surface area contributed by atoms with Crippen LogP contribution in [0.4, 0.5) is 0 Å². The fourth-order valence-electron chi connectivity index (χ4n) is 1.07. The van der Waals surface area contributed by atoms with E-state index in [4.69, 9.17) is 14.0 Å². The largest absolute Gasteiger partial charge is 0.460 e. The van der Waals surface area contributed by atoms with Crippen molar-refractivity contribution in [3.8, 4) is 0 Å². The Morgan fingerprint density at radius 1 is 1.26 bits per heavy atom. The highest BCUT2D eigenvalue weighted by atomic mass is 32.2. The highest BCUT2D eigenvalue weighted by Gasteiger charge is 2.03. The van der Waals surface area contributed by atoms with Crippen molar-refractivity contribution in [3.63, 3.8) is 0 Å². The predicted molar refractivity (Wildman–Crippen MR) is 70.5 cm³/mol. The molecule has 0 rings (SSSR count). The van der Waals surface area contributed by atoms with Crippen molar-refractivity contribution >= 4 is 16.1 Å². The first-order valence-electron chi connectivity index (χ1n) is 5.89. The van der Waals surface area contributed by atoms with Crippen LogP contribution in [-0.4, -0.2) is 57.6 Å². The molecular weight excluding hydrogens is 274 g/mol. The monoisotopic (exact) mass is 295 g/mol. The first-order valence-corrected chi connectivity index (χ1v) is 7.50. The summed E-state index contributed by atoms with van der Waals surface area (Å²) >= 11 is 0. The van der Waals surface area contributed by atoms with E-state index in [0.29, 0.717) is 38.3 Å². The minimum atomic E-state index is -3.87. The van der Waals surface area contributed by atoms with E-state index in [1.54, 1.807) is 6.92 Å². The first kappa shape index (κ1) is 18.0. The van der Waals surface area contributed by atoms with Crippen molar-refractivity contribution in [1.82, 2.24) is 5.32 Å². The second-order valence-electron chi connectivity index (χ2n) is 3.92. The third-order valence-electron chi connectivity index (χ3n) is 1.99. The van der Waals surface area contributed by atoms with Gasteiger partial charge in [0.2, 0.25) is 0 Å². The molecule has 0 heterocycles. The quantitative estimate of drug-likeness (QED) is 0.239. The van der Waals surface area contributed by atoms with E-state index in [0.717, 1.165) is 0 Å². The molecule has 0 radical (unpaired) electrons. The van der Waals surface area contributed by atoms with Crippen molar-refractivity contribution in [2.75, 3.05) is 38.7 Å². The summed E-state index contributed by atoms with van der Waals surface area (Å²) in [6.07, 6.45) is 0.342. The van der Waals surface area contributed by atoms with Crippen LogP contribution >= 0.6 is 0 Å². The number of carbonyl (C=O) groups excluding carboxylic acids is 1. The second-order valence-corrected chi connectivity index (χ2v) is 5.49. The van der Waals surface area contributed by atoms with Gasteiger partial charge >= 0.3 is 5.97 Å². The van der Waals surface area contributed by atoms with Crippen LogP contribution in [0, 0.1) is 0 Å². The van der Waals surface area contributed by atoms with Gasteiger partial charge in [-0.05, 0) is 19.9 Å². The van der Waals surface area contributed by atoms with Crippen LogP contribution in [0.2, 0.25) is 0 Å². The van der Waals surface area contributed by atoms with Crippen LogP contribution in [0.25, 0.3) is 0 Å². The third kappa shape index (κ3) is 13.3. The lowest BCUT2D eigenvalue weighted by atomic mass is 10.4. The Hall–Kier alpha value is -0.960. The van der Waals surface area contributed by atoms with E-state index in [9.17, 15) is 13.2 Å². The van der Waals surface area contributed by atoms with Crippen LogP contribution < -0.4 is 5.32 Å². The maximum atomic E-state index is 11.0. The summed E-state index contributed by atoms with van der Waals surface area (Å²) in [7, 11) is -3.87. The van der Waals surface area contributed by atoms with Gasteiger partial charge in [0, 0.05) is 12.1 Å². The molecule has 0 fully saturated rings. The van der Waals surface area contributed by atoms with Crippen LogP contribution in [0.5, 0.6) is 0 Å². The molecule has 112 valence electrons.